The number of hydrogen-bond donors (Lipinski definition) is 1. The van der Waals surface area contributed by atoms with Crippen LogP contribution in [0, 0.1) is 0 Å². The summed E-state index contributed by atoms with van der Waals surface area (Å²) in [7, 11) is 0. The second-order valence-corrected chi connectivity index (χ2v) is 5.87. The van der Waals surface area contributed by atoms with Gasteiger partial charge in [0.2, 0.25) is 0 Å². The minimum absolute atomic E-state index is 0.0915. The van der Waals surface area contributed by atoms with Crippen LogP contribution in [0.1, 0.15) is 12.8 Å². The summed E-state index contributed by atoms with van der Waals surface area (Å²) in [5.41, 5.74) is 10.8. The van der Waals surface area contributed by atoms with Gasteiger partial charge in [-0.3, -0.25) is 0 Å². The van der Waals surface area contributed by atoms with Gasteiger partial charge in [-0.05, 0) is 36.4 Å². The Hall–Kier alpha value is -3.34. The highest BCUT2D eigenvalue weighted by atomic mass is 16.3. The number of azo groups is 1. The first-order valence-electron chi connectivity index (χ1n) is 8.09. The molecule has 25 heavy (non-hydrogen) atoms. The summed E-state index contributed by atoms with van der Waals surface area (Å²) in [6, 6.07) is 14.7. The molecule has 0 aromatic heterocycles. The molecule has 0 saturated heterocycles. The molecule has 0 amide bonds. The second-order valence-electron chi connectivity index (χ2n) is 5.87. The molecule has 0 heterocycles. The normalized spacial score (nSPS) is 13.3. The van der Waals surface area contributed by atoms with Crippen LogP contribution >= 0.6 is 0 Å². The summed E-state index contributed by atoms with van der Waals surface area (Å²) in [5, 5.41) is 25.8. The third-order valence-electron chi connectivity index (χ3n) is 4.35. The third-order valence-corrected chi connectivity index (χ3v) is 4.35. The maximum absolute atomic E-state index is 10.2. The number of rotatable bonds is 3. The van der Waals surface area contributed by atoms with Gasteiger partial charge in [0.25, 0.3) is 0 Å². The van der Waals surface area contributed by atoms with Crippen molar-refractivity contribution in [3.63, 3.8) is 0 Å². The standard InChI is InChI=1S/C20H15N4O/c21-22-17-10-11-18(16-8-4-3-7-15(16)17)23-24-20-14-6-2-1-5-13(14)9-12-19(20)25/h1-2,5-12,25H,3-4H2/q-1. The van der Waals surface area contributed by atoms with Crippen molar-refractivity contribution in [1.29, 1.82) is 0 Å². The maximum atomic E-state index is 10.2. The Labute approximate surface area is 144 Å². The lowest BCUT2D eigenvalue weighted by molar-refractivity contribution is 0.477. The number of benzene rings is 3. The smallest absolute Gasteiger partial charge is 0.143 e. The van der Waals surface area contributed by atoms with Crippen LogP contribution in [0.5, 0.6) is 5.75 Å². The van der Waals surface area contributed by atoms with Crippen molar-refractivity contribution in [3.05, 3.63) is 64.5 Å². The number of nitrogens with zero attached hydrogens (tertiary/aromatic N) is 4. The average Bonchev–Trinajstić information content (AvgIpc) is 2.67. The minimum atomic E-state index is 0.0915. The molecule has 0 spiro atoms. The van der Waals surface area contributed by atoms with Crippen LogP contribution in [0.2, 0.25) is 0 Å². The summed E-state index contributed by atoms with van der Waals surface area (Å²) in [5.74, 6) is 0.0915. The number of hydrogen-bond acceptors (Lipinski definition) is 4. The molecular weight excluding hydrogens is 312 g/mol. The Kier molecular flexibility index (Phi) is 3.82. The lowest BCUT2D eigenvalue weighted by Gasteiger charge is -2.07. The molecule has 0 unspecified atom stereocenters. The van der Waals surface area contributed by atoms with E-state index < -0.39 is 0 Å². The van der Waals surface area contributed by atoms with Gasteiger partial charge in [0, 0.05) is 21.5 Å². The molecular formula is C20H15N4O-. The fraction of sp³-hybridized carbons (Fsp3) is 0.100. The summed E-state index contributed by atoms with van der Waals surface area (Å²) in [4.78, 5) is 0. The predicted octanol–water partition coefficient (Wildman–Crippen LogP) is 4.97. The molecule has 3 aromatic carbocycles. The van der Waals surface area contributed by atoms with Crippen molar-refractivity contribution in [2.45, 2.75) is 12.8 Å². The van der Waals surface area contributed by atoms with Crippen molar-refractivity contribution in [3.8, 4) is 5.75 Å². The summed E-state index contributed by atoms with van der Waals surface area (Å²) >= 11 is 0. The largest absolute Gasteiger partial charge is 0.706 e. The molecule has 4 rings (SSSR count). The lowest BCUT2D eigenvalue weighted by Crippen LogP contribution is -2.27. The quantitative estimate of drug-likeness (QED) is 0.677. The van der Waals surface area contributed by atoms with E-state index in [1.54, 1.807) is 18.2 Å². The van der Waals surface area contributed by atoms with Gasteiger partial charge in [-0.2, -0.15) is 0 Å². The first-order valence-corrected chi connectivity index (χ1v) is 8.09. The van der Waals surface area contributed by atoms with Gasteiger partial charge in [-0.25, -0.2) is 0 Å². The van der Waals surface area contributed by atoms with Crippen LogP contribution < -0.4 is 10.4 Å². The van der Waals surface area contributed by atoms with Gasteiger partial charge in [-0.15, -0.1) is 10.2 Å². The fourth-order valence-corrected chi connectivity index (χ4v) is 3.12. The highest BCUT2D eigenvalue weighted by molar-refractivity contribution is 5.95. The number of phenols is 1. The van der Waals surface area contributed by atoms with Crippen LogP contribution in [0.15, 0.2) is 63.9 Å². The number of fused-ring (bicyclic) bond motifs is 2. The van der Waals surface area contributed by atoms with Crippen molar-refractivity contribution in [2.24, 2.45) is 15.3 Å². The van der Waals surface area contributed by atoms with E-state index in [1.165, 1.54) is 0 Å². The SMILES string of the molecule is [N-]=Nc1ccc(N=Nc2c(O)ccc3ccccc23)c2c1=CCCC=2. The highest BCUT2D eigenvalue weighted by Gasteiger charge is 2.07. The van der Waals surface area contributed by atoms with Gasteiger partial charge in [0.15, 0.2) is 0 Å². The van der Waals surface area contributed by atoms with Crippen LogP contribution in [-0.4, -0.2) is 5.11 Å². The second kappa shape index (κ2) is 6.28. The van der Waals surface area contributed by atoms with E-state index in [1.807, 2.05) is 36.4 Å². The van der Waals surface area contributed by atoms with Crippen LogP contribution in [0.3, 0.4) is 0 Å². The van der Waals surface area contributed by atoms with Gasteiger partial charge in [0.05, 0.1) is 5.69 Å². The van der Waals surface area contributed by atoms with Gasteiger partial charge < -0.3 is 15.8 Å². The van der Waals surface area contributed by atoms with Crippen molar-refractivity contribution >= 4 is 40.0 Å². The van der Waals surface area contributed by atoms with Crippen LogP contribution in [0.25, 0.3) is 28.5 Å². The Morgan fingerprint density at radius 1 is 0.800 bits per heavy atom. The van der Waals surface area contributed by atoms with Crippen molar-refractivity contribution in [1.82, 2.24) is 0 Å². The Morgan fingerprint density at radius 3 is 2.32 bits per heavy atom. The number of aromatic hydroxyl groups is 1. The Bertz CT molecular complexity index is 1130. The van der Waals surface area contributed by atoms with E-state index in [0.717, 1.165) is 34.1 Å². The van der Waals surface area contributed by atoms with E-state index in [0.29, 0.717) is 17.1 Å². The molecule has 5 heteroatoms. The van der Waals surface area contributed by atoms with Gasteiger partial charge in [0.1, 0.15) is 11.4 Å². The zero-order chi connectivity index (χ0) is 17.2. The molecule has 0 radical (unpaired) electrons. The molecule has 1 N–H and O–H groups in total. The van der Waals surface area contributed by atoms with E-state index in [9.17, 15) is 5.11 Å². The summed E-state index contributed by atoms with van der Waals surface area (Å²) < 4.78 is 0. The Morgan fingerprint density at radius 2 is 1.52 bits per heavy atom. The Balaban J connectivity index is 1.88. The summed E-state index contributed by atoms with van der Waals surface area (Å²) in [6.07, 6.45) is 5.92. The topological polar surface area (TPSA) is 79.6 Å². The van der Waals surface area contributed by atoms with E-state index in [2.05, 4.69) is 21.4 Å². The first-order chi connectivity index (χ1) is 12.3. The minimum Gasteiger partial charge on any atom is -0.706 e. The van der Waals surface area contributed by atoms with Gasteiger partial charge in [-0.1, -0.05) is 42.5 Å². The molecule has 0 saturated carbocycles. The van der Waals surface area contributed by atoms with Crippen molar-refractivity contribution < 1.29 is 5.11 Å². The predicted molar refractivity (Wildman–Crippen MR) is 99.1 cm³/mol. The molecule has 0 aliphatic heterocycles. The fourth-order valence-electron chi connectivity index (χ4n) is 3.12. The molecule has 1 aliphatic carbocycles. The maximum Gasteiger partial charge on any atom is 0.143 e. The molecule has 0 atom stereocenters. The molecule has 3 aromatic rings. The molecule has 5 nitrogen and oxygen atoms in total. The molecule has 1 aliphatic rings. The number of phenolic OH excluding ortho intramolecular Hbond substituents is 1. The average molecular weight is 327 g/mol. The van der Waals surface area contributed by atoms with Crippen molar-refractivity contribution in [2.75, 3.05) is 0 Å². The molecule has 0 bridgehead atoms. The highest BCUT2D eigenvalue weighted by Crippen LogP contribution is 2.35. The monoisotopic (exact) mass is 327 g/mol. The zero-order valence-corrected chi connectivity index (χ0v) is 13.4. The van der Waals surface area contributed by atoms with Gasteiger partial charge >= 0.3 is 0 Å². The van der Waals surface area contributed by atoms with E-state index in [4.69, 9.17) is 5.53 Å². The molecule has 122 valence electrons. The molecule has 0 fully saturated rings. The third kappa shape index (κ3) is 2.70. The van der Waals surface area contributed by atoms with E-state index >= 15 is 0 Å². The van der Waals surface area contributed by atoms with Crippen LogP contribution in [-0.2, 0) is 0 Å². The summed E-state index contributed by atoms with van der Waals surface area (Å²) in [6.45, 7) is 0. The zero-order valence-electron chi connectivity index (χ0n) is 13.4. The lowest BCUT2D eigenvalue weighted by atomic mass is 10.1. The van der Waals surface area contributed by atoms with Crippen LogP contribution in [0.4, 0.5) is 17.1 Å². The first kappa shape index (κ1) is 15.2. The van der Waals surface area contributed by atoms with E-state index in [-0.39, 0.29) is 5.75 Å².